The highest BCUT2D eigenvalue weighted by Crippen LogP contribution is 2.33. The van der Waals surface area contributed by atoms with Crippen molar-refractivity contribution in [2.45, 2.75) is 139 Å². The van der Waals surface area contributed by atoms with Gasteiger partial charge in [-0.2, -0.15) is 0 Å². The SMILES string of the molecule is Fc1cccc2c1[C@@H](CNC1CCC1)OCC2.Fc1cccc2c1[C@H](CNC1CCC1)OCC2.NC[C@@H]1OCCc2cccc(F)c21.NC[C@H]1OCCc2cccc(F)c21.O=C1CCC1.O=C1CCC1. The van der Waals surface area contributed by atoms with E-state index >= 15 is 0 Å². The lowest BCUT2D eigenvalue weighted by molar-refractivity contribution is -0.124. The van der Waals surface area contributed by atoms with Gasteiger partial charge in [0.2, 0.25) is 0 Å². The van der Waals surface area contributed by atoms with Crippen LogP contribution in [-0.2, 0) is 54.2 Å². The third-order valence-corrected chi connectivity index (χ3v) is 14.3. The predicted molar refractivity (Wildman–Crippen MR) is 262 cm³/mol. The normalized spacial score (nSPS) is 22.8. The highest BCUT2D eigenvalue weighted by molar-refractivity contribution is 5.83. The Morgan fingerprint density at radius 2 is 0.686 bits per heavy atom. The fourth-order valence-corrected chi connectivity index (χ4v) is 9.33. The maximum atomic E-state index is 13.8. The molecule has 4 aromatic rings. The van der Waals surface area contributed by atoms with Crippen molar-refractivity contribution in [2.24, 2.45) is 11.5 Å². The van der Waals surface area contributed by atoms with E-state index in [4.69, 9.17) is 30.4 Å². The van der Waals surface area contributed by atoms with Crippen LogP contribution in [0.3, 0.4) is 0 Å². The molecule has 4 heterocycles. The van der Waals surface area contributed by atoms with Gasteiger partial charge in [0, 0.05) is 86.2 Å². The summed E-state index contributed by atoms with van der Waals surface area (Å²) in [6.07, 6.45) is 15.8. The van der Waals surface area contributed by atoms with Gasteiger partial charge in [0.15, 0.2) is 0 Å². The summed E-state index contributed by atoms with van der Waals surface area (Å²) < 4.78 is 76.6. The molecule has 4 saturated carbocycles. The third kappa shape index (κ3) is 14.8. The van der Waals surface area contributed by atoms with Crippen LogP contribution in [0.2, 0.25) is 0 Å². The molecule has 4 fully saturated rings. The molecule has 4 aromatic carbocycles. The number of nitrogens with two attached hydrogens (primary N) is 2. The Balaban J connectivity index is 0.000000129. The largest absolute Gasteiger partial charge is 0.372 e. The van der Waals surface area contributed by atoms with E-state index in [0.717, 1.165) is 111 Å². The maximum Gasteiger partial charge on any atom is 0.132 e. The van der Waals surface area contributed by atoms with Crippen molar-refractivity contribution in [3.8, 4) is 0 Å². The van der Waals surface area contributed by atoms with E-state index in [1.54, 1.807) is 24.3 Å². The zero-order valence-corrected chi connectivity index (χ0v) is 40.5. The first kappa shape index (κ1) is 53.4. The molecule has 4 aliphatic heterocycles. The van der Waals surface area contributed by atoms with Crippen molar-refractivity contribution in [3.63, 3.8) is 0 Å². The van der Waals surface area contributed by atoms with Crippen molar-refractivity contribution in [3.05, 3.63) is 141 Å². The number of ketones is 2. The second-order valence-corrected chi connectivity index (χ2v) is 19.0. The Morgan fingerprint density at radius 1 is 0.414 bits per heavy atom. The van der Waals surface area contributed by atoms with Crippen molar-refractivity contribution >= 4 is 11.6 Å². The smallest absolute Gasteiger partial charge is 0.132 e. The van der Waals surface area contributed by atoms with Crippen molar-refractivity contribution in [1.82, 2.24) is 10.6 Å². The van der Waals surface area contributed by atoms with Gasteiger partial charge >= 0.3 is 0 Å². The molecular formula is C56H72F4N4O6. The summed E-state index contributed by atoms with van der Waals surface area (Å²) in [6.45, 7) is 4.83. The number of carbonyl (C=O) groups is 2. The molecule has 0 amide bonds. The molecule has 70 heavy (non-hydrogen) atoms. The minimum Gasteiger partial charge on any atom is -0.372 e. The molecule has 10 nitrogen and oxygen atoms in total. The Bertz CT molecular complexity index is 2140. The maximum absolute atomic E-state index is 13.8. The van der Waals surface area contributed by atoms with E-state index in [0.29, 0.717) is 74.3 Å². The van der Waals surface area contributed by atoms with Crippen LogP contribution >= 0.6 is 0 Å². The summed E-state index contributed by atoms with van der Waals surface area (Å²) in [5, 5.41) is 6.93. The molecule has 0 aromatic heterocycles. The van der Waals surface area contributed by atoms with Gasteiger partial charge in [0.05, 0.1) is 50.8 Å². The Labute approximate surface area is 410 Å². The fourth-order valence-electron chi connectivity index (χ4n) is 9.33. The number of carbonyl (C=O) groups excluding carboxylic acids is 2. The number of hydrogen-bond acceptors (Lipinski definition) is 10. The number of ether oxygens (including phenoxy) is 4. The van der Waals surface area contributed by atoms with Crippen LogP contribution in [0.4, 0.5) is 17.6 Å². The van der Waals surface area contributed by atoms with Gasteiger partial charge in [-0.3, -0.25) is 9.59 Å². The molecule has 4 atom stereocenters. The van der Waals surface area contributed by atoms with Gasteiger partial charge in [-0.05, 0) is 111 Å². The van der Waals surface area contributed by atoms with E-state index < -0.39 is 0 Å². The van der Waals surface area contributed by atoms with Gasteiger partial charge < -0.3 is 41.0 Å². The average Bonchev–Trinajstić information content (AvgIpc) is 3.33. The summed E-state index contributed by atoms with van der Waals surface area (Å²) in [5.41, 5.74) is 18.1. The van der Waals surface area contributed by atoms with Gasteiger partial charge in [-0.15, -0.1) is 0 Å². The molecule has 0 saturated heterocycles. The van der Waals surface area contributed by atoms with Crippen LogP contribution in [0.15, 0.2) is 72.8 Å². The average molecular weight is 973 g/mol. The third-order valence-electron chi connectivity index (χ3n) is 14.3. The van der Waals surface area contributed by atoms with E-state index in [1.165, 1.54) is 62.8 Å². The molecule has 0 unspecified atom stereocenters. The number of hydrogen-bond donors (Lipinski definition) is 4. The first-order valence-corrected chi connectivity index (χ1v) is 25.6. The summed E-state index contributed by atoms with van der Waals surface area (Å²) >= 11 is 0. The zero-order chi connectivity index (χ0) is 49.2. The molecule has 380 valence electrons. The molecule has 14 heteroatoms. The van der Waals surface area contributed by atoms with Gasteiger partial charge in [-0.25, -0.2) is 17.6 Å². The molecule has 8 aliphatic rings. The highest BCUT2D eigenvalue weighted by atomic mass is 19.1. The van der Waals surface area contributed by atoms with Gasteiger partial charge in [0.1, 0.15) is 34.8 Å². The van der Waals surface area contributed by atoms with Gasteiger partial charge in [0.25, 0.3) is 0 Å². The number of benzene rings is 4. The topological polar surface area (TPSA) is 147 Å². The quantitative estimate of drug-likeness (QED) is 0.126. The van der Waals surface area contributed by atoms with Gasteiger partial charge in [-0.1, -0.05) is 61.4 Å². The minimum atomic E-state index is -0.259. The standard InChI is InChI=1S/2C14H18FNO.2C10H12FNO.2C4H6O/c2*15-12-6-1-3-10-7-8-17-13(14(10)12)9-16-11-4-2-5-11;2*11-8-3-1-2-7-4-5-13-9(6-12)10(7)8;2*5-4-2-1-3-4/h2*1,3,6,11,13,16H,2,4-5,7-9H2;2*1-3,9H,4-6,12H2;2*1-3H2/t2*13-;2*9-;;/m1010../s1. The van der Waals surface area contributed by atoms with Crippen LogP contribution in [-0.4, -0.2) is 76.3 Å². The summed E-state index contributed by atoms with van der Waals surface area (Å²) in [6, 6.07) is 22.1. The van der Waals surface area contributed by atoms with Crippen molar-refractivity contribution < 1.29 is 46.1 Å². The number of Topliss-reactive ketones (excluding diaryl/α,β-unsaturated/α-hetero) is 2. The molecular weight excluding hydrogens is 901 g/mol. The zero-order valence-electron chi connectivity index (χ0n) is 40.5. The number of fused-ring (bicyclic) bond motifs is 4. The van der Waals surface area contributed by atoms with Crippen LogP contribution in [0.1, 0.15) is 146 Å². The lowest BCUT2D eigenvalue weighted by atomic mass is 9.92. The molecule has 12 rings (SSSR count). The second kappa shape index (κ2) is 27.4. The number of nitrogens with one attached hydrogen (secondary N) is 2. The fraction of sp³-hybridized carbons (Fsp3) is 0.536. The van der Waals surface area contributed by atoms with Crippen LogP contribution < -0.4 is 22.1 Å². The van der Waals surface area contributed by atoms with Crippen molar-refractivity contribution in [2.75, 3.05) is 52.6 Å². The number of rotatable bonds is 8. The molecule has 6 N–H and O–H groups in total. The predicted octanol–water partition coefficient (Wildman–Crippen LogP) is 9.44. The number of halogens is 4. The Kier molecular flexibility index (Phi) is 20.9. The van der Waals surface area contributed by atoms with Crippen LogP contribution in [0.25, 0.3) is 0 Å². The summed E-state index contributed by atoms with van der Waals surface area (Å²) in [5.74, 6) is 0.223. The molecule has 0 bridgehead atoms. The lowest BCUT2D eigenvalue weighted by Crippen LogP contribution is -2.39. The minimum absolute atomic E-state index is 0.111. The van der Waals surface area contributed by atoms with E-state index in [2.05, 4.69) is 10.6 Å². The summed E-state index contributed by atoms with van der Waals surface area (Å²) in [7, 11) is 0. The van der Waals surface area contributed by atoms with E-state index in [9.17, 15) is 27.2 Å². The lowest BCUT2D eigenvalue weighted by Gasteiger charge is -2.31. The second-order valence-electron chi connectivity index (χ2n) is 19.0. The summed E-state index contributed by atoms with van der Waals surface area (Å²) in [4.78, 5) is 19.8. The first-order valence-electron chi connectivity index (χ1n) is 25.6. The van der Waals surface area contributed by atoms with Crippen molar-refractivity contribution in [1.29, 1.82) is 0 Å². The molecule has 0 radical (unpaired) electrons. The first-order chi connectivity index (χ1) is 34.1. The highest BCUT2D eigenvalue weighted by Gasteiger charge is 2.28. The van der Waals surface area contributed by atoms with Crippen LogP contribution in [0, 0.1) is 23.3 Å². The van der Waals surface area contributed by atoms with E-state index in [1.807, 2.05) is 24.3 Å². The Morgan fingerprint density at radius 3 is 0.914 bits per heavy atom. The molecule has 4 aliphatic carbocycles. The monoisotopic (exact) mass is 973 g/mol. The molecule has 0 spiro atoms. The van der Waals surface area contributed by atoms with Crippen LogP contribution in [0.5, 0.6) is 0 Å². The Hall–Kier alpha value is -4.38. The van der Waals surface area contributed by atoms with E-state index in [-0.39, 0.29) is 47.7 Å².